The molecule has 1 fully saturated rings. The van der Waals surface area contributed by atoms with Crippen LogP contribution in [0.25, 0.3) is 17.2 Å². The van der Waals surface area contributed by atoms with Crippen molar-refractivity contribution in [1.29, 1.82) is 0 Å². The molecular weight excluding hydrogens is 465 g/mol. The number of carbonyl (C=O) groups is 1. The molecule has 0 atom stereocenters. The molecule has 0 unspecified atom stereocenters. The summed E-state index contributed by atoms with van der Waals surface area (Å²) in [6, 6.07) is 14.6. The van der Waals surface area contributed by atoms with Crippen molar-refractivity contribution in [3.63, 3.8) is 0 Å². The van der Waals surface area contributed by atoms with Gasteiger partial charge < -0.3 is 9.47 Å². The second-order valence-electron chi connectivity index (χ2n) is 8.91. The molecule has 1 aliphatic carbocycles. The Labute approximate surface area is 209 Å². The molecule has 0 heterocycles. The Hall–Kier alpha value is -3.54. The van der Waals surface area contributed by atoms with Crippen LogP contribution in [-0.2, 0) is 4.74 Å². The molecule has 0 aromatic heterocycles. The summed E-state index contributed by atoms with van der Waals surface area (Å²) in [7, 11) is 0. The summed E-state index contributed by atoms with van der Waals surface area (Å²) in [5.74, 6) is -3.01. The standard InChI is InChI=1S/C30H29F3O3/c1-3-5-19-6-8-21(9-7-19)25-16-17-26(29(33)28(25)32)30(34)36-22-12-10-20(11-13-22)24-15-14-23(35-4-2)18-27(24)31/h3,5-9,14-18,20,22H,4,10-13H2,1-2H3/b5-3+. The highest BCUT2D eigenvalue weighted by atomic mass is 19.2. The van der Waals surface area contributed by atoms with Gasteiger partial charge in [0.2, 0.25) is 0 Å². The molecule has 1 saturated carbocycles. The van der Waals surface area contributed by atoms with Gasteiger partial charge in [-0.3, -0.25) is 0 Å². The first-order valence-corrected chi connectivity index (χ1v) is 12.3. The van der Waals surface area contributed by atoms with E-state index in [1.54, 1.807) is 24.3 Å². The zero-order valence-electron chi connectivity index (χ0n) is 20.4. The Morgan fingerprint density at radius 3 is 2.31 bits per heavy atom. The quantitative estimate of drug-likeness (QED) is 0.312. The third-order valence-electron chi connectivity index (χ3n) is 6.55. The summed E-state index contributed by atoms with van der Waals surface area (Å²) in [5.41, 5.74) is 1.72. The second kappa shape index (κ2) is 11.5. The van der Waals surface area contributed by atoms with E-state index in [9.17, 15) is 18.0 Å². The predicted octanol–water partition coefficient (Wildman–Crippen LogP) is 8.09. The lowest BCUT2D eigenvalue weighted by atomic mass is 9.82. The van der Waals surface area contributed by atoms with Gasteiger partial charge in [-0.2, -0.15) is 0 Å². The van der Waals surface area contributed by atoms with E-state index in [2.05, 4.69) is 0 Å². The average molecular weight is 495 g/mol. The highest BCUT2D eigenvalue weighted by Gasteiger charge is 2.28. The molecule has 0 radical (unpaired) electrons. The van der Waals surface area contributed by atoms with Gasteiger partial charge >= 0.3 is 5.97 Å². The molecule has 0 N–H and O–H groups in total. The molecule has 3 aromatic carbocycles. The van der Waals surface area contributed by atoms with Crippen LogP contribution in [0.1, 0.15) is 66.9 Å². The monoisotopic (exact) mass is 494 g/mol. The van der Waals surface area contributed by atoms with Gasteiger partial charge in [0, 0.05) is 11.6 Å². The van der Waals surface area contributed by atoms with E-state index in [4.69, 9.17) is 9.47 Å². The van der Waals surface area contributed by atoms with Crippen LogP contribution in [0, 0.1) is 17.5 Å². The van der Waals surface area contributed by atoms with Crippen LogP contribution in [0.3, 0.4) is 0 Å². The van der Waals surface area contributed by atoms with Gasteiger partial charge in [0.1, 0.15) is 17.7 Å². The van der Waals surface area contributed by atoms with E-state index < -0.39 is 29.3 Å². The third kappa shape index (κ3) is 5.64. The Morgan fingerprint density at radius 1 is 0.944 bits per heavy atom. The van der Waals surface area contributed by atoms with E-state index in [1.165, 1.54) is 18.2 Å². The summed E-state index contributed by atoms with van der Waals surface area (Å²) >= 11 is 0. The first-order chi connectivity index (χ1) is 17.4. The van der Waals surface area contributed by atoms with Crippen LogP contribution in [0.15, 0.2) is 60.7 Å². The van der Waals surface area contributed by atoms with E-state index >= 15 is 0 Å². The van der Waals surface area contributed by atoms with Crippen molar-refractivity contribution in [2.75, 3.05) is 6.61 Å². The molecule has 0 saturated heterocycles. The first-order valence-electron chi connectivity index (χ1n) is 12.3. The molecule has 4 rings (SSSR count). The van der Waals surface area contributed by atoms with Crippen LogP contribution < -0.4 is 4.74 Å². The fourth-order valence-electron chi connectivity index (χ4n) is 4.70. The largest absolute Gasteiger partial charge is 0.494 e. The summed E-state index contributed by atoms with van der Waals surface area (Å²) in [6.07, 6.45) is 5.65. The Morgan fingerprint density at radius 2 is 1.67 bits per heavy atom. The van der Waals surface area contributed by atoms with Crippen LogP contribution in [-0.4, -0.2) is 18.7 Å². The molecular formula is C30H29F3O3. The number of carbonyl (C=O) groups excluding carboxylic acids is 1. The van der Waals surface area contributed by atoms with Gasteiger partial charge in [-0.15, -0.1) is 0 Å². The number of benzene rings is 3. The molecule has 3 aromatic rings. The van der Waals surface area contributed by atoms with Crippen molar-refractivity contribution in [2.45, 2.75) is 51.6 Å². The summed E-state index contributed by atoms with van der Waals surface area (Å²) in [5, 5.41) is 0. The maximum absolute atomic E-state index is 14.8. The van der Waals surface area contributed by atoms with Gasteiger partial charge in [-0.05, 0) is 74.3 Å². The van der Waals surface area contributed by atoms with Gasteiger partial charge in [0.05, 0.1) is 12.2 Å². The van der Waals surface area contributed by atoms with E-state index in [-0.39, 0.29) is 17.3 Å². The highest BCUT2D eigenvalue weighted by molar-refractivity contribution is 5.90. The van der Waals surface area contributed by atoms with E-state index in [0.29, 0.717) is 49.2 Å². The summed E-state index contributed by atoms with van der Waals surface area (Å²) in [4.78, 5) is 12.6. The first kappa shape index (κ1) is 25.5. The fraction of sp³-hybridized carbons (Fsp3) is 0.300. The number of ether oxygens (including phenoxy) is 2. The van der Waals surface area contributed by atoms with Crippen molar-refractivity contribution < 1.29 is 27.4 Å². The SMILES string of the molecule is C/C=C/c1ccc(-c2ccc(C(=O)OC3CCC(c4ccc(OCC)cc4F)CC3)c(F)c2F)cc1. The van der Waals surface area contributed by atoms with Crippen molar-refractivity contribution in [1.82, 2.24) is 0 Å². The third-order valence-corrected chi connectivity index (χ3v) is 6.55. The molecule has 0 aliphatic heterocycles. The number of rotatable bonds is 7. The normalized spacial score (nSPS) is 17.8. The van der Waals surface area contributed by atoms with Crippen LogP contribution >= 0.6 is 0 Å². The topological polar surface area (TPSA) is 35.5 Å². The number of esters is 1. The van der Waals surface area contributed by atoms with Crippen molar-refractivity contribution in [3.8, 4) is 16.9 Å². The molecule has 36 heavy (non-hydrogen) atoms. The van der Waals surface area contributed by atoms with Gasteiger partial charge in [-0.1, -0.05) is 48.6 Å². The van der Waals surface area contributed by atoms with Crippen molar-refractivity contribution in [2.24, 2.45) is 0 Å². The number of hydrogen-bond acceptors (Lipinski definition) is 3. The van der Waals surface area contributed by atoms with Crippen LogP contribution in [0.5, 0.6) is 5.75 Å². The molecule has 0 amide bonds. The Kier molecular flexibility index (Phi) is 8.14. The number of halogens is 3. The Balaban J connectivity index is 1.39. The lowest BCUT2D eigenvalue weighted by Crippen LogP contribution is -2.25. The number of hydrogen-bond donors (Lipinski definition) is 0. The molecule has 0 spiro atoms. The lowest BCUT2D eigenvalue weighted by Gasteiger charge is -2.29. The molecule has 6 heteroatoms. The minimum absolute atomic E-state index is 0.00305. The van der Waals surface area contributed by atoms with Crippen LogP contribution in [0.2, 0.25) is 0 Å². The minimum atomic E-state index is -1.22. The molecule has 0 bridgehead atoms. The fourth-order valence-corrected chi connectivity index (χ4v) is 4.70. The number of allylic oxidation sites excluding steroid dienone is 1. The van der Waals surface area contributed by atoms with E-state index in [0.717, 1.165) is 5.56 Å². The molecule has 3 nitrogen and oxygen atoms in total. The summed E-state index contributed by atoms with van der Waals surface area (Å²) < 4.78 is 55.0. The smallest absolute Gasteiger partial charge is 0.341 e. The van der Waals surface area contributed by atoms with Gasteiger partial charge in [0.25, 0.3) is 0 Å². The highest BCUT2D eigenvalue weighted by Crippen LogP contribution is 2.37. The van der Waals surface area contributed by atoms with Crippen molar-refractivity contribution >= 4 is 12.0 Å². The van der Waals surface area contributed by atoms with Crippen molar-refractivity contribution in [3.05, 3.63) is 94.8 Å². The van der Waals surface area contributed by atoms with E-state index in [1.807, 2.05) is 38.1 Å². The second-order valence-corrected chi connectivity index (χ2v) is 8.91. The van der Waals surface area contributed by atoms with Crippen LogP contribution in [0.4, 0.5) is 13.2 Å². The zero-order chi connectivity index (χ0) is 25.7. The lowest BCUT2D eigenvalue weighted by molar-refractivity contribution is 0.0188. The zero-order valence-corrected chi connectivity index (χ0v) is 20.4. The molecule has 1 aliphatic rings. The van der Waals surface area contributed by atoms with Gasteiger partial charge in [-0.25, -0.2) is 18.0 Å². The summed E-state index contributed by atoms with van der Waals surface area (Å²) in [6.45, 7) is 4.20. The average Bonchev–Trinajstić information content (AvgIpc) is 2.87. The van der Waals surface area contributed by atoms with Gasteiger partial charge in [0.15, 0.2) is 11.6 Å². The minimum Gasteiger partial charge on any atom is -0.494 e. The maximum atomic E-state index is 14.8. The predicted molar refractivity (Wildman–Crippen MR) is 134 cm³/mol. The Bertz CT molecular complexity index is 1240. The molecule has 188 valence electrons. The maximum Gasteiger partial charge on any atom is 0.341 e.